The summed E-state index contributed by atoms with van der Waals surface area (Å²) < 4.78 is 31.4. The molecule has 2 N–H and O–H groups in total. The molecule has 0 bridgehead atoms. The number of aliphatic hydroxyl groups excluding tert-OH is 1. The molecule has 21 heavy (non-hydrogen) atoms. The van der Waals surface area contributed by atoms with Gasteiger partial charge in [-0.1, -0.05) is 18.2 Å². The molecule has 1 unspecified atom stereocenters. The number of nitrogens with one attached hydrogen (secondary N) is 1. The zero-order valence-electron chi connectivity index (χ0n) is 11.6. The molecule has 2 rings (SSSR count). The van der Waals surface area contributed by atoms with Crippen LogP contribution in [0.15, 0.2) is 42.5 Å². The van der Waals surface area contributed by atoms with E-state index in [0.29, 0.717) is 6.54 Å². The molecule has 5 heteroatoms. The molecule has 0 heterocycles. The van der Waals surface area contributed by atoms with Crippen LogP contribution in [0.5, 0.6) is 5.75 Å². The van der Waals surface area contributed by atoms with Gasteiger partial charge < -0.3 is 15.2 Å². The minimum Gasteiger partial charge on any atom is -0.497 e. The third kappa shape index (κ3) is 4.24. The minimum absolute atomic E-state index is 0.0821. The molecular formula is C16H17F2NO2. The van der Waals surface area contributed by atoms with Gasteiger partial charge in [-0.2, -0.15) is 0 Å². The zero-order valence-corrected chi connectivity index (χ0v) is 11.6. The lowest BCUT2D eigenvalue weighted by atomic mass is 10.1. The zero-order chi connectivity index (χ0) is 15.2. The van der Waals surface area contributed by atoms with Crippen LogP contribution in [-0.2, 0) is 6.54 Å². The smallest absolute Gasteiger partial charge is 0.131 e. The second-order valence-electron chi connectivity index (χ2n) is 4.66. The third-order valence-corrected chi connectivity index (χ3v) is 3.15. The number of methoxy groups -OCH3 is 1. The van der Waals surface area contributed by atoms with Crippen LogP contribution >= 0.6 is 0 Å². The van der Waals surface area contributed by atoms with E-state index in [-0.39, 0.29) is 12.1 Å². The molecule has 0 saturated heterocycles. The lowest BCUT2D eigenvalue weighted by Crippen LogP contribution is -2.21. The standard InChI is InChI=1S/C16H17F2NO2/c1-21-13-5-2-11(3-6-13)9-19-10-16(20)14-7-4-12(17)8-15(14)18/h2-8,16,19-20H,9-10H2,1H3. The van der Waals surface area contributed by atoms with E-state index in [9.17, 15) is 13.9 Å². The van der Waals surface area contributed by atoms with Gasteiger partial charge >= 0.3 is 0 Å². The molecule has 0 aliphatic rings. The highest BCUT2D eigenvalue weighted by Crippen LogP contribution is 2.17. The molecule has 112 valence electrons. The monoisotopic (exact) mass is 293 g/mol. The summed E-state index contributed by atoms with van der Waals surface area (Å²) in [5, 5.41) is 12.9. The highest BCUT2D eigenvalue weighted by molar-refractivity contribution is 5.27. The summed E-state index contributed by atoms with van der Waals surface area (Å²) in [6, 6.07) is 10.6. The van der Waals surface area contributed by atoms with E-state index in [1.165, 1.54) is 6.07 Å². The van der Waals surface area contributed by atoms with Crippen LogP contribution in [0.25, 0.3) is 0 Å². The maximum Gasteiger partial charge on any atom is 0.131 e. The minimum atomic E-state index is -1.02. The quantitative estimate of drug-likeness (QED) is 0.860. The van der Waals surface area contributed by atoms with Crippen molar-refractivity contribution < 1.29 is 18.6 Å². The predicted molar refractivity (Wildman–Crippen MR) is 76.0 cm³/mol. The molecule has 0 fully saturated rings. The van der Waals surface area contributed by atoms with Crippen molar-refractivity contribution in [1.29, 1.82) is 0 Å². The van der Waals surface area contributed by atoms with E-state index >= 15 is 0 Å². The van der Waals surface area contributed by atoms with Gasteiger partial charge in [-0.25, -0.2) is 8.78 Å². The van der Waals surface area contributed by atoms with Crippen LogP contribution in [0.2, 0.25) is 0 Å². The normalized spacial score (nSPS) is 12.2. The Morgan fingerprint density at radius 1 is 1.14 bits per heavy atom. The summed E-state index contributed by atoms with van der Waals surface area (Å²) in [5.41, 5.74) is 1.10. The van der Waals surface area contributed by atoms with Crippen LogP contribution in [0.1, 0.15) is 17.2 Å². The summed E-state index contributed by atoms with van der Waals surface area (Å²) in [7, 11) is 1.60. The van der Waals surface area contributed by atoms with Gasteiger partial charge in [0.05, 0.1) is 13.2 Å². The lowest BCUT2D eigenvalue weighted by Gasteiger charge is -2.13. The van der Waals surface area contributed by atoms with E-state index in [4.69, 9.17) is 4.74 Å². The van der Waals surface area contributed by atoms with Gasteiger partial charge in [-0.15, -0.1) is 0 Å². The molecule has 0 aliphatic heterocycles. The van der Waals surface area contributed by atoms with Crippen molar-refractivity contribution in [2.45, 2.75) is 12.6 Å². The van der Waals surface area contributed by atoms with Crippen molar-refractivity contribution in [3.05, 3.63) is 65.2 Å². The Hall–Kier alpha value is -1.98. The van der Waals surface area contributed by atoms with E-state index in [1.807, 2.05) is 24.3 Å². The highest BCUT2D eigenvalue weighted by Gasteiger charge is 2.13. The van der Waals surface area contributed by atoms with Crippen molar-refractivity contribution in [2.24, 2.45) is 0 Å². The van der Waals surface area contributed by atoms with Gasteiger partial charge in [0.15, 0.2) is 0 Å². The number of hydrogen-bond donors (Lipinski definition) is 2. The Kier molecular flexibility index (Phi) is 5.25. The van der Waals surface area contributed by atoms with Gasteiger partial charge in [-0.05, 0) is 23.8 Å². The Morgan fingerprint density at radius 3 is 2.48 bits per heavy atom. The highest BCUT2D eigenvalue weighted by atomic mass is 19.1. The third-order valence-electron chi connectivity index (χ3n) is 3.15. The average molecular weight is 293 g/mol. The maximum atomic E-state index is 13.5. The first-order valence-electron chi connectivity index (χ1n) is 6.57. The van der Waals surface area contributed by atoms with Crippen molar-refractivity contribution in [1.82, 2.24) is 5.32 Å². The summed E-state index contributed by atoms with van der Waals surface area (Å²) in [6.45, 7) is 0.707. The maximum absolute atomic E-state index is 13.5. The van der Waals surface area contributed by atoms with Gasteiger partial charge in [-0.3, -0.25) is 0 Å². The summed E-state index contributed by atoms with van der Waals surface area (Å²) in [5.74, 6) is -0.629. The molecule has 0 radical (unpaired) electrons. The first-order chi connectivity index (χ1) is 10.1. The molecule has 2 aromatic carbocycles. The van der Waals surface area contributed by atoms with Crippen LogP contribution in [0.3, 0.4) is 0 Å². The Labute approximate surface area is 122 Å². The molecule has 0 aliphatic carbocycles. The van der Waals surface area contributed by atoms with Gasteiger partial charge in [0.2, 0.25) is 0 Å². The predicted octanol–water partition coefficient (Wildman–Crippen LogP) is 2.80. The van der Waals surface area contributed by atoms with Crippen LogP contribution in [0, 0.1) is 11.6 Å². The molecular weight excluding hydrogens is 276 g/mol. The number of ether oxygens (including phenoxy) is 1. The molecule has 3 nitrogen and oxygen atoms in total. The van der Waals surface area contributed by atoms with E-state index in [1.54, 1.807) is 7.11 Å². The summed E-state index contributed by atoms with van der Waals surface area (Å²) in [4.78, 5) is 0. The summed E-state index contributed by atoms with van der Waals surface area (Å²) in [6.07, 6.45) is -1.02. The topological polar surface area (TPSA) is 41.5 Å². The van der Waals surface area contributed by atoms with Crippen molar-refractivity contribution in [3.8, 4) is 5.75 Å². The van der Waals surface area contributed by atoms with E-state index in [0.717, 1.165) is 23.4 Å². The van der Waals surface area contributed by atoms with Gasteiger partial charge in [0, 0.05) is 24.7 Å². The number of hydrogen-bond acceptors (Lipinski definition) is 3. The molecule has 2 aromatic rings. The largest absolute Gasteiger partial charge is 0.497 e. The fourth-order valence-corrected chi connectivity index (χ4v) is 1.98. The first-order valence-corrected chi connectivity index (χ1v) is 6.57. The first kappa shape index (κ1) is 15.4. The van der Waals surface area contributed by atoms with Crippen molar-refractivity contribution >= 4 is 0 Å². The van der Waals surface area contributed by atoms with Gasteiger partial charge in [0.1, 0.15) is 17.4 Å². The van der Waals surface area contributed by atoms with Crippen LogP contribution < -0.4 is 10.1 Å². The van der Waals surface area contributed by atoms with Crippen LogP contribution in [0.4, 0.5) is 8.78 Å². The second kappa shape index (κ2) is 7.15. The summed E-state index contributed by atoms with van der Waals surface area (Å²) >= 11 is 0. The fraction of sp³-hybridized carbons (Fsp3) is 0.250. The Morgan fingerprint density at radius 2 is 1.86 bits per heavy atom. The Balaban J connectivity index is 1.87. The van der Waals surface area contributed by atoms with E-state index in [2.05, 4.69) is 5.32 Å². The SMILES string of the molecule is COc1ccc(CNCC(O)c2ccc(F)cc2F)cc1. The number of benzene rings is 2. The van der Waals surface area contributed by atoms with Crippen LogP contribution in [-0.4, -0.2) is 18.8 Å². The number of rotatable bonds is 6. The molecule has 0 spiro atoms. The molecule has 0 amide bonds. The Bertz CT molecular complexity index is 587. The molecule has 0 aromatic heterocycles. The van der Waals surface area contributed by atoms with E-state index < -0.39 is 17.7 Å². The van der Waals surface area contributed by atoms with Gasteiger partial charge in [0.25, 0.3) is 0 Å². The average Bonchev–Trinajstić information content (AvgIpc) is 2.47. The van der Waals surface area contributed by atoms with Crippen molar-refractivity contribution in [2.75, 3.05) is 13.7 Å². The molecule has 1 atom stereocenters. The second-order valence-corrected chi connectivity index (χ2v) is 4.66. The lowest BCUT2D eigenvalue weighted by molar-refractivity contribution is 0.169. The number of aliphatic hydroxyl groups is 1. The van der Waals surface area contributed by atoms with Crippen molar-refractivity contribution in [3.63, 3.8) is 0 Å². The number of halogens is 2. The fourth-order valence-electron chi connectivity index (χ4n) is 1.98. The molecule has 0 saturated carbocycles.